The van der Waals surface area contributed by atoms with Crippen LogP contribution in [0, 0.1) is 19.7 Å². The maximum atomic E-state index is 13.8. The summed E-state index contributed by atoms with van der Waals surface area (Å²) >= 11 is 0. The predicted molar refractivity (Wildman–Crippen MR) is 131 cm³/mol. The number of rotatable bonds is 4. The lowest BCUT2D eigenvalue weighted by atomic mass is 9.84. The van der Waals surface area contributed by atoms with Gasteiger partial charge >= 0.3 is 0 Å². The van der Waals surface area contributed by atoms with E-state index in [1.54, 1.807) is 12.1 Å². The number of ether oxygens (including phenoxy) is 2. The average molecular weight is 446 g/mol. The van der Waals surface area contributed by atoms with Crippen molar-refractivity contribution in [2.45, 2.75) is 40.0 Å². The number of aromatic amines is 1. The summed E-state index contributed by atoms with van der Waals surface area (Å²) in [5.41, 5.74) is 5.07. The molecule has 0 aliphatic rings. The molecule has 3 aromatic carbocycles. The Labute approximate surface area is 193 Å². The summed E-state index contributed by atoms with van der Waals surface area (Å²) in [7, 11) is 1.48. The molecule has 0 saturated heterocycles. The van der Waals surface area contributed by atoms with Crippen LogP contribution in [-0.4, -0.2) is 12.1 Å². The SMILES string of the molecule is COc1cc(F)ccc1Oc1cc(C(C)(C)C)cc(C)c1-c1cc(=O)c2cccc(C)c2[nH]1. The van der Waals surface area contributed by atoms with Gasteiger partial charge in [-0.1, -0.05) is 39.0 Å². The second-order valence-corrected chi connectivity index (χ2v) is 9.36. The van der Waals surface area contributed by atoms with Crippen LogP contribution in [-0.2, 0) is 5.41 Å². The van der Waals surface area contributed by atoms with E-state index < -0.39 is 5.82 Å². The van der Waals surface area contributed by atoms with E-state index in [1.165, 1.54) is 19.2 Å². The number of aromatic nitrogens is 1. The molecule has 1 aromatic heterocycles. The molecule has 0 spiro atoms. The number of pyridine rings is 1. The molecule has 4 nitrogen and oxygen atoms in total. The molecule has 0 atom stereocenters. The highest BCUT2D eigenvalue weighted by molar-refractivity contribution is 5.85. The summed E-state index contributed by atoms with van der Waals surface area (Å²) in [6.45, 7) is 10.4. The molecular formula is C28H28FNO3. The average Bonchev–Trinajstić information content (AvgIpc) is 2.74. The van der Waals surface area contributed by atoms with E-state index in [0.717, 1.165) is 27.8 Å². The largest absolute Gasteiger partial charge is 0.493 e. The molecule has 0 radical (unpaired) electrons. The molecule has 0 aliphatic carbocycles. The van der Waals surface area contributed by atoms with Gasteiger partial charge in [0.2, 0.25) is 0 Å². The van der Waals surface area contributed by atoms with Crippen LogP contribution in [0.5, 0.6) is 17.2 Å². The highest BCUT2D eigenvalue weighted by Crippen LogP contribution is 2.41. The summed E-state index contributed by atoms with van der Waals surface area (Å²) in [5.74, 6) is 0.842. The summed E-state index contributed by atoms with van der Waals surface area (Å²) in [6, 6.07) is 15.5. The lowest BCUT2D eigenvalue weighted by molar-refractivity contribution is 0.375. The van der Waals surface area contributed by atoms with Gasteiger partial charge in [0.1, 0.15) is 11.6 Å². The molecule has 0 saturated carbocycles. The Hall–Kier alpha value is -3.60. The Balaban J connectivity index is 1.98. The monoisotopic (exact) mass is 445 g/mol. The zero-order chi connectivity index (χ0) is 23.9. The number of benzene rings is 3. The summed E-state index contributed by atoms with van der Waals surface area (Å²) in [5, 5.41) is 0.644. The zero-order valence-electron chi connectivity index (χ0n) is 19.8. The Morgan fingerprint density at radius 3 is 2.33 bits per heavy atom. The predicted octanol–water partition coefficient (Wildman–Crippen LogP) is 7.05. The van der Waals surface area contributed by atoms with Crippen LogP contribution < -0.4 is 14.9 Å². The number of para-hydroxylation sites is 1. The van der Waals surface area contributed by atoms with Gasteiger partial charge in [-0.05, 0) is 60.2 Å². The van der Waals surface area contributed by atoms with Crippen molar-refractivity contribution in [3.8, 4) is 28.5 Å². The second-order valence-electron chi connectivity index (χ2n) is 9.36. The van der Waals surface area contributed by atoms with Gasteiger partial charge in [-0.15, -0.1) is 0 Å². The molecule has 4 rings (SSSR count). The van der Waals surface area contributed by atoms with Crippen molar-refractivity contribution in [1.29, 1.82) is 0 Å². The number of fused-ring (bicyclic) bond motifs is 1. The number of halogens is 1. The van der Waals surface area contributed by atoms with E-state index in [9.17, 15) is 9.18 Å². The van der Waals surface area contributed by atoms with Crippen molar-refractivity contribution in [2.75, 3.05) is 7.11 Å². The minimum Gasteiger partial charge on any atom is -0.493 e. The third-order valence-electron chi connectivity index (χ3n) is 5.85. The van der Waals surface area contributed by atoms with E-state index in [4.69, 9.17) is 9.47 Å². The van der Waals surface area contributed by atoms with Crippen molar-refractivity contribution in [1.82, 2.24) is 4.98 Å². The molecular weight excluding hydrogens is 417 g/mol. The fourth-order valence-corrected chi connectivity index (χ4v) is 4.01. The topological polar surface area (TPSA) is 51.3 Å². The van der Waals surface area contributed by atoms with Crippen molar-refractivity contribution in [3.63, 3.8) is 0 Å². The summed E-state index contributed by atoms with van der Waals surface area (Å²) in [6.07, 6.45) is 0. The number of H-pyrrole nitrogens is 1. The molecule has 33 heavy (non-hydrogen) atoms. The molecule has 5 heteroatoms. The third kappa shape index (κ3) is 4.36. The molecule has 170 valence electrons. The molecule has 0 amide bonds. The van der Waals surface area contributed by atoms with Crippen LogP contribution in [0.4, 0.5) is 4.39 Å². The Morgan fingerprint density at radius 1 is 0.879 bits per heavy atom. The third-order valence-corrected chi connectivity index (χ3v) is 5.85. The lowest BCUT2D eigenvalue weighted by Gasteiger charge is -2.24. The summed E-state index contributed by atoms with van der Waals surface area (Å²) < 4.78 is 25.4. The standard InChI is InChI=1S/C28H28FNO3/c1-16-8-7-9-20-22(31)15-21(30-27(16)20)26-17(2)12-18(28(3,4)5)13-25(26)33-23-11-10-19(29)14-24(23)32-6/h7-15H,1-6H3,(H,30,31). The van der Waals surface area contributed by atoms with Crippen LogP contribution in [0.3, 0.4) is 0 Å². The van der Waals surface area contributed by atoms with Gasteiger partial charge in [-0.3, -0.25) is 4.79 Å². The first-order valence-corrected chi connectivity index (χ1v) is 10.9. The van der Waals surface area contributed by atoms with Gasteiger partial charge in [0, 0.05) is 23.1 Å². The fraction of sp³-hybridized carbons (Fsp3) is 0.250. The normalized spacial score (nSPS) is 11.6. The molecule has 0 bridgehead atoms. The fourth-order valence-electron chi connectivity index (χ4n) is 4.01. The highest BCUT2D eigenvalue weighted by atomic mass is 19.1. The van der Waals surface area contributed by atoms with Gasteiger partial charge in [0.25, 0.3) is 0 Å². The van der Waals surface area contributed by atoms with Crippen molar-refractivity contribution >= 4 is 10.9 Å². The van der Waals surface area contributed by atoms with Gasteiger partial charge < -0.3 is 14.5 Å². The van der Waals surface area contributed by atoms with Crippen LogP contribution in [0.15, 0.2) is 59.4 Å². The minimum absolute atomic E-state index is 0.0629. The van der Waals surface area contributed by atoms with Crippen LogP contribution in [0.1, 0.15) is 37.5 Å². The zero-order valence-corrected chi connectivity index (χ0v) is 19.8. The Morgan fingerprint density at radius 2 is 1.64 bits per heavy atom. The number of hydrogen-bond acceptors (Lipinski definition) is 3. The highest BCUT2D eigenvalue weighted by Gasteiger charge is 2.21. The van der Waals surface area contributed by atoms with Gasteiger partial charge in [-0.2, -0.15) is 0 Å². The number of aryl methyl sites for hydroxylation is 2. The number of hydrogen-bond donors (Lipinski definition) is 1. The number of nitrogens with one attached hydrogen (secondary N) is 1. The van der Waals surface area contributed by atoms with Gasteiger partial charge in [-0.25, -0.2) is 4.39 Å². The molecule has 0 unspecified atom stereocenters. The van der Waals surface area contributed by atoms with Crippen molar-refractivity contribution < 1.29 is 13.9 Å². The van der Waals surface area contributed by atoms with E-state index in [2.05, 4.69) is 31.8 Å². The van der Waals surface area contributed by atoms with Gasteiger partial charge in [0.05, 0.1) is 18.3 Å². The first-order valence-electron chi connectivity index (χ1n) is 10.9. The molecule has 1 N–H and O–H groups in total. The number of methoxy groups -OCH3 is 1. The minimum atomic E-state index is -0.409. The quantitative estimate of drug-likeness (QED) is 0.366. The van der Waals surface area contributed by atoms with Crippen LogP contribution in [0.25, 0.3) is 22.2 Å². The molecule has 0 fully saturated rings. The molecule has 1 heterocycles. The van der Waals surface area contributed by atoms with E-state index >= 15 is 0 Å². The van der Waals surface area contributed by atoms with Gasteiger partial charge in [0.15, 0.2) is 16.9 Å². The second kappa shape index (κ2) is 8.39. The summed E-state index contributed by atoms with van der Waals surface area (Å²) in [4.78, 5) is 16.4. The van der Waals surface area contributed by atoms with Crippen molar-refractivity contribution in [2.24, 2.45) is 0 Å². The molecule has 0 aliphatic heterocycles. The first-order chi connectivity index (χ1) is 15.6. The maximum absolute atomic E-state index is 13.8. The van der Waals surface area contributed by atoms with E-state index in [-0.39, 0.29) is 10.8 Å². The van der Waals surface area contributed by atoms with E-state index in [0.29, 0.717) is 28.3 Å². The van der Waals surface area contributed by atoms with E-state index in [1.807, 2.05) is 38.1 Å². The molecule has 4 aromatic rings. The first kappa shape index (κ1) is 22.6. The lowest BCUT2D eigenvalue weighted by Crippen LogP contribution is -2.12. The van der Waals surface area contributed by atoms with Crippen molar-refractivity contribution in [3.05, 3.63) is 87.3 Å². The maximum Gasteiger partial charge on any atom is 0.190 e. The van der Waals surface area contributed by atoms with Crippen LogP contribution >= 0.6 is 0 Å². The Bertz CT molecular complexity index is 1410. The smallest absolute Gasteiger partial charge is 0.190 e. The van der Waals surface area contributed by atoms with Crippen LogP contribution in [0.2, 0.25) is 0 Å². The Kier molecular flexibility index (Phi) is 5.75.